The van der Waals surface area contributed by atoms with Crippen LogP contribution in [-0.2, 0) is 4.74 Å². The molecule has 0 saturated carbocycles. The molecule has 0 bridgehead atoms. The van der Waals surface area contributed by atoms with E-state index in [1.807, 2.05) is 0 Å². The zero-order valence-electron chi connectivity index (χ0n) is 9.64. The molecule has 1 fully saturated rings. The van der Waals surface area contributed by atoms with Gasteiger partial charge in [0.25, 0.3) is 5.92 Å². The number of nitrogens with zero attached hydrogens (tertiary/aromatic N) is 1. The Kier molecular flexibility index (Phi) is 3.84. The van der Waals surface area contributed by atoms with Gasteiger partial charge in [0.15, 0.2) is 0 Å². The molecule has 0 spiro atoms. The van der Waals surface area contributed by atoms with Gasteiger partial charge in [0.05, 0.1) is 6.54 Å². The van der Waals surface area contributed by atoms with Gasteiger partial charge in [-0.15, -0.1) is 0 Å². The molecule has 0 aliphatic carbocycles. The van der Waals surface area contributed by atoms with Crippen LogP contribution >= 0.6 is 0 Å². The molecule has 1 atom stereocenters. The van der Waals surface area contributed by atoms with Gasteiger partial charge in [-0.25, -0.2) is 8.78 Å². The van der Waals surface area contributed by atoms with Crippen molar-refractivity contribution in [1.82, 2.24) is 4.90 Å². The van der Waals surface area contributed by atoms with Crippen molar-refractivity contribution in [3.05, 3.63) is 0 Å². The van der Waals surface area contributed by atoms with E-state index in [-0.39, 0.29) is 12.5 Å². The van der Waals surface area contributed by atoms with Crippen molar-refractivity contribution in [2.75, 3.05) is 13.1 Å². The standard InChI is InChI=1S/C10H17F4NO/c1-7(2)15-5-4-8(10(13,14)6-15)16-9(3,11)12/h7-8H,4-6H2,1-3H3/t8-/m0/s1. The Hall–Kier alpha value is -0.360. The number of alkyl halides is 4. The van der Waals surface area contributed by atoms with Crippen molar-refractivity contribution >= 4 is 0 Å². The van der Waals surface area contributed by atoms with E-state index in [1.165, 1.54) is 0 Å². The lowest BCUT2D eigenvalue weighted by atomic mass is 10.0. The molecule has 0 aromatic rings. The van der Waals surface area contributed by atoms with Gasteiger partial charge in [-0.1, -0.05) is 0 Å². The molecule has 0 aromatic heterocycles. The van der Waals surface area contributed by atoms with Crippen molar-refractivity contribution in [3.63, 3.8) is 0 Å². The number of rotatable bonds is 3. The van der Waals surface area contributed by atoms with Crippen LogP contribution in [0.3, 0.4) is 0 Å². The van der Waals surface area contributed by atoms with Gasteiger partial charge >= 0.3 is 6.11 Å². The number of halogens is 4. The van der Waals surface area contributed by atoms with Gasteiger partial charge in [-0.2, -0.15) is 8.78 Å². The molecular weight excluding hydrogens is 226 g/mol. The number of hydrogen-bond acceptors (Lipinski definition) is 2. The Labute approximate surface area is 92.6 Å². The van der Waals surface area contributed by atoms with Crippen molar-refractivity contribution in [3.8, 4) is 0 Å². The summed E-state index contributed by atoms with van der Waals surface area (Å²) < 4.78 is 56.2. The monoisotopic (exact) mass is 243 g/mol. The molecule has 0 amide bonds. The summed E-state index contributed by atoms with van der Waals surface area (Å²) >= 11 is 0. The first-order valence-electron chi connectivity index (χ1n) is 5.29. The van der Waals surface area contributed by atoms with Crippen molar-refractivity contribution < 1.29 is 22.3 Å². The van der Waals surface area contributed by atoms with Crippen LogP contribution in [-0.4, -0.2) is 42.2 Å². The van der Waals surface area contributed by atoms with Gasteiger partial charge in [0.2, 0.25) is 0 Å². The Balaban J connectivity index is 2.64. The summed E-state index contributed by atoms with van der Waals surface area (Å²) in [6.45, 7) is 3.91. The maximum absolute atomic E-state index is 13.5. The van der Waals surface area contributed by atoms with E-state index in [1.54, 1.807) is 18.7 Å². The smallest absolute Gasteiger partial charge is 0.311 e. The van der Waals surface area contributed by atoms with E-state index in [0.29, 0.717) is 13.5 Å². The summed E-state index contributed by atoms with van der Waals surface area (Å²) in [6.07, 6.45) is -5.27. The third-order valence-corrected chi connectivity index (χ3v) is 2.64. The number of piperidine rings is 1. The van der Waals surface area contributed by atoms with E-state index in [4.69, 9.17) is 0 Å². The highest BCUT2D eigenvalue weighted by atomic mass is 19.3. The van der Waals surface area contributed by atoms with Crippen molar-refractivity contribution in [2.45, 2.75) is 51.4 Å². The predicted octanol–water partition coefficient (Wildman–Crippen LogP) is 2.73. The lowest BCUT2D eigenvalue weighted by Crippen LogP contribution is -2.55. The van der Waals surface area contributed by atoms with Gasteiger partial charge in [-0.3, -0.25) is 4.90 Å². The molecule has 1 aliphatic rings. The second-order valence-corrected chi connectivity index (χ2v) is 4.53. The molecular formula is C10H17F4NO. The third kappa shape index (κ3) is 3.59. The molecule has 0 N–H and O–H groups in total. The Morgan fingerprint density at radius 3 is 2.31 bits per heavy atom. The summed E-state index contributed by atoms with van der Waals surface area (Å²) in [5.41, 5.74) is 0. The van der Waals surface area contributed by atoms with E-state index in [9.17, 15) is 17.6 Å². The fourth-order valence-corrected chi connectivity index (χ4v) is 1.78. The normalized spacial score (nSPS) is 27.4. The van der Waals surface area contributed by atoms with Crippen LogP contribution < -0.4 is 0 Å². The van der Waals surface area contributed by atoms with Crippen LogP contribution in [0.2, 0.25) is 0 Å². The maximum atomic E-state index is 13.5. The van der Waals surface area contributed by atoms with Gasteiger partial charge in [-0.05, 0) is 20.3 Å². The summed E-state index contributed by atoms with van der Waals surface area (Å²) in [7, 11) is 0. The average molecular weight is 243 g/mol. The minimum absolute atomic E-state index is 0.0195. The molecule has 1 heterocycles. The molecule has 0 radical (unpaired) electrons. The van der Waals surface area contributed by atoms with E-state index >= 15 is 0 Å². The Morgan fingerprint density at radius 2 is 1.94 bits per heavy atom. The molecule has 0 aromatic carbocycles. The SMILES string of the molecule is CC(C)N1CC[C@H](OC(C)(F)F)C(F)(F)C1. The van der Waals surface area contributed by atoms with Crippen LogP contribution in [0.15, 0.2) is 0 Å². The van der Waals surface area contributed by atoms with Crippen LogP contribution in [0.25, 0.3) is 0 Å². The molecule has 2 nitrogen and oxygen atoms in total. The fraction of sp³-hybridized carbons (Fsp3) is 1.00. The lowest BCUT2D eigenvalue weighted by molar-refractivity contribution is -0.300. The molecule has 1 aliphatic heterocycles. The van der Waals surface area contributed by atoms with E-state index in [0.717, 1.165) is 0 Å². The summed E-state index contributed by atoms with van der Waals surface area (Å²) in [6, 6.07) is -0.0195. The first kappa shape index (κ1) is 13.7. The highest BCUT2D eigenvalue weighted by Gasteiger charge is 2.48. The highest BCUT2D eigenvalue weighted by molar-refractivity contribution is 4.89. The number of ether oxygens (including phenoxy) is 1. The molecule has 16 heavy (non-hydrogen) atoms. The first-order chi connectivity index (χ1) is 7.12. The second kappa shape index (κ2) is 4.49. The largest absolute Gasteiger partial charge is 0.353 e. The zero-order chi connectivity index (χ0) is 12.6. The van der Waals surface area contributed by atoms with E-state index in [2.05, 4.69) is 4.74 Å². The minimum atomic E-state index is -3.51. The molecule has 6 heteroatoms. The van der Waals surface area contributed by atoms with Crippen LogP contribution in [0, 0.1) is 0 Å². The molecule has 1 rings (SSSR count). The minimum Gasteiger partial charge on any atom is -0.311 e. The Bertz CT molecular complexity index is 239. The molecule has 1 saturated heterocycles. The van der Waals surface area contributed by atoms with Crippen molar-refractivity contribution in [2.24, 2.45) is 0 Å². The summed E-state index contributed by atoms with van der Waals surface area (Å²) in [4.78, 5) is 1.56. The zero-order valence-corrected chi connectivity index (χ0v) is 9.64. The average Bonchev–Trinajstić information content (AvgIpc) is 2.05. The van der Waals surface area contributed by atoms with Crippen LogP contribution in [0.1, 0.15) is 27.2 Å². The van der Waals surface area contributed by atoms with Gasteiger partial charge in [0.1, 0.15) is 6.10 Å². The highest BCUT2D eigenvalue weighted by Crippen LogP contribution is 2.34. The second-order valence-electron chi connectivity index (χ2n) is 4.53. The maximum Gasteiger partial charge on any atom is 0.353 e. The Morgan fingerprint density at radius 1 is 1.38 bits per heavy atom. The van der Waals surface area contributed by atoms with Crippen molar-refractivity contribution in [1.29, 1.82) is 0 Å². The van der Waals surface area contributed by atoms with Gasteiger partial charge in [0, 0.05) is 19.5 Å². The number of likely N-dealkylation sites (tertiary alicyclic amines) is 1. The summed E-state index contributed by atoms with van der Waals surface area (Å²) in [5.74, 6) is -3.22. The van der Waals surface area contributed by atoms with Crippen LogP contribution in [0.4, 0.5) is 17.6 Å². The lowest BCUT2D eigenvalue weighted by Gasteiger charge is -2.40. The topological polar surface area (TPSA) is 12.5 Å². The predicted molar refractivity (Wildman–Crippen MR) is 51.8 cm³/mol. The third-order valence-electron chi connectivity index (χ3n) is 2.64. The molecule has 96 valence electrons. The molecule has 0 unspecified atom stereocenters. The van der Waals surface area contributed by atoms with E-state index < -0.39 is 24.7 Å². The number of hydrogen-bond donors (Lipinski definition) is 0. The quantitative estimate of drug-likeness (QED) is 0.707. The van der Waals surface area contributed by atoms with Crippen LogP contribution in [0.5, 0.6) is 0 Å². The van der Waals surface area contributed by atoms with Gasteiger partial charge < -0.3 is 4.74 Å². The first-order valence-corrected chi connectivity index (χ1v) is 5.29. The summed E-state index contributed by atoms with van der Waals surface area (Å²) in [5, 5.41) is 0. The fourth-order valence-electron chi connectivity index (χ4n) is 1.78.